The van der Waals surface area contributed by atoms with E-state index in [4.69, 9.17) is 5.11 Å². The molecule has 0 spiro atoms. The summed E-state index contributed by atoms with van der Waals surface area (Å²) in [6, 6.07) is 6.26. The number of benzene rings is 1. The number of para-hydroxylation sites is 1. The van der Waals surface area contributed by atoms with Crippen LogP contribution in [0.3, 0.4) is 0 Å². The Morgan fingerprint density at radius 2 is 1.78 bits per heavy atom. The number of carbonyl (C=O) groups excluding carboxylic acids is 1. The Labute approximate surface area is 162 Å². The van der Waals surface area contributed by atoms with Gasteiger partial charge in [0.1, 0.15) is 0 Å². The van der Waals surface area contributed by atoms with E-state index in [1.54, 1.807) is 0 Å². The molecule has 6 heteroatoms. The molecule has 0 saturated carbocycles. The number of aliphatic carboxylic acids is 1. The quantitative estimate of drug-likeness (QED) is 0.731. The van der Waals surface area contributed by atoms with E-state index < -0.39 is 5.97 Å². The SMILES string of the molecule is CCc1cccc(CC)c1NC(=O)C(C)N1CCC(N(C)CC(=O)O)CC1. The zero-order valence-corrected chi connectivity index (χ0v) is 17.0. The molecule has 150 valence electrons. The molecule has 1 unspecified atom stereocenters. The molecule has 1 fully saturated rings. The molecule has 2 N–H and O–H groups in total. The summed E-state index contributed by atoms with van der Waals surface area (Å²) in [5, 5.41) is 12.1. The van der Waals surface area contributed by atoms with Crippen molar-refractivity contribution in [3.8, 4) is 0 Å². The highest BCUT2D eigenvalue weighted by Gasteiger charge is 2.29. The normalized spacial score (nSPS) is 17.1. The number of amides is 1. The number of likely N-dealkylation sites (tertiary alicyclic amines) is 1. The Morgan fingerprint density at radius 1 is 1.22 bits per heavy atom. The zero-order valence-electron chi connectivity index (χ0n) is 17.0. The van der Waals surface area contributed by atoms with Gasteiger partial charge in [-0.1, -0.05) is 32.0 Å². The number of carboxylic acids is 1. The van der Waals surface area contributed by atoms with Gasteiger partial charge in [0.15, 0.2) is 0 Å². The Hall–Kier alpha value is -1.92. The molecule has 1 aromatic carbocycles. The second-order valence-corrected chi connectivity index (χ2v) is 7.40. The molecule has 0 radical (unpaired) electrons. The summed E-state index contributed by atoms with van der Waals surface area (Å²) in [6.45, 7) is 7.84. The molecule has 1 atom stereocenters. The van der Waals surface area contributed by atoms with Gasteiger partial charge in [-0.3, -0.25) is 19.4 Å². The van der Waals surface area contributed by atoms with Crippen molar-refractivity contribution in [2.75, 3.05) is 32.0 Å². The lowest BCUT2D eigenvalue weighted by Crippen LogP contribution is -2.50. The summed E-state index contributed by atoms with van der Waals surface area (Å²) in [5.74, 6) is -0.767. The summed E-state index contributed by atoms with van der Waals surface area (Å²) in [5.41, 5.74) is 3.31. The summed E-state index contributed by atoms with van der Waals surface area (Å²) in [7, 11) is 1.86. The fourth-order valence-electron chi connectivity index (χ4n) is 3.85. The van der Waals surface area contributed by atoms with Gasteiger partial charge in [0.2, 0.25) is 5.91 Å². The molecule has 2 rings (SSSR count). The van der Waals surface area contributed by atoms with Gasteiger partial charge in [-0.25, -0.2) is 0 Å². The van der Waals surface area contributed by atoms with Gasteiger partial charge in [0.05, 0.1) is 12.6 Å². The number of hydrogen-bond donors (Lipinski definition) is 2. The minimum atomic E-state index is -0.797. The van der Waals surface area contributed by atoms with Gasteiger partial charge in [0.25, 0.3) is 0 Å². The Morgan fingerprint density at radius 3 is 2.26 bits per heavy atom. The number of piperidine rings is 1. The van der Waals surface area contributed by atoms with Crippen LogP contribution in [-0.4, -0.2) is 65.5 Å². The molecule has 1 aliphatic heterocycles. The third-order valence-electron chi connectivity index (χ3n) is 5.68. The molecular formula is C21H33N3O3. The van der Waals surface area contributed by atoms with Crippen molar-refractivity contribution in [3.63, 3.8) is 0 Å². The van der Waals surface area contributed by atoms with Crippen LogP contribution in [0.1, 0.15) is 44.7 Å². The number of hydrogen-bond acceptors (Lipinski definition) is 4. The van der Waals surface area contributed by atoms with Crippen LogP contribution in [0, 0.1) is 0 Å². The van der Waals surface area contributed by atoms with Crippen molar-refractivity contribution in [3.05, 3.63) is 29.3 Å². The molecule has 6 nitrogen and oxygen atoms in total. The first-order valence-corrected chi connectivity index (χ1v) is 9.95. The highest BCUT2D eigenvalue weighted by Crippen LogP contribution is 2.24. The lowest BCUT2D eigenvalue weighted by molar-refractivity contribution is -0.138. The summed E-state index contributed by atoms with van der Waals surface area (Å²) < 4.78 is 0. The second-order valence-electron chi connectivity index (χ2n) is 7.40. The van der Waals surface area contributed by atoms with Crippen molar-refractivity contribution in [1.29, 1.82) is 0 Å². The van der Waals surface area contributed by atoms with Gasteiger partial charge in [-0.15, -0.1) is 0 Å². The lowest BCUT2D eigenvalue weighted by atomic mass is 10.0. The molecule has 0 bridgehead atoms. The van der Waals surface area contributed by atoms with Crippen LogP contribution < -0.4 is 5.32 Å². The average molecular weight is 376 g/mol. The highest BCUT2D eigenvalue weighted by molar-refractivity contribution is 5.96. The maximum Gasteiger partial charge on any atom is 0.317 e. The van der Waals surface area contributed by atoms with E-state index in [1.807, 2.05) is 18.9 Å². The van der Waals surface area contributed by atoms with Crippen LogP contribution in [-0.2, 0) is 22.4 Å². The van der Waals surface area contributed by atoms with Crippen LogP contribution in [0.2, 0.25) is 0 Å². The molecule has 1 aromatic rings. The molecular weight excluding hydrogens is 342 g/mol. The fourth-order valence-corrected chi connectivity index (χ4v) is 3.85. The number of likely N-dealkylation sites (N-methyl/N-ethyl adjacent to an activating group) is 1. The number of nitrogens with zero attached hydrogens (tertiary/aromatic N) is 2. The van der Waals surface area contributed by atoms with Gasteiger partial charge in [-0.05, 0) is 50.8 Å². The third kappa shape index (κ3) is 5.53. The largest absolute Gasteiger partial charge is 0.480 e. The molecule has 0 aliphatic carbocycles. The van der Waals surface area contributed by atoms with Crippen LogP contribution in [0.25, 0.3) is 0 Å². The van der Waals surface area contributed by atoms with Gasteiger partial charge in [0, 0.05) is 24.8 Å². The van der Waals surface area contributed by atoms with E-state index >= 15 is 0 Å². The van der Waals surface area contributed by atoms with Crippen LogP contribution in [0.4, 0.5) is 5.69 Å². The molecule has 1 amide bonds. The number of carbonyl (C=O) groups is 2. The summed E-state index contributed by atoms with van der Waals surface area (Å²) in [6.07, 6.45) is 3.54. The first kappa shape index (κ1) is 21.4. The van der Waals surface area contributed by atoms with Crippen LogP contribution in [0.5, 0.6) is 0 Å². The first-order chi connectivity index (χ1) is 12.9. The van der Waals surface area contributed by atoms with Crippen molar-refractivity contribution < 1.29 is 14.7 Å². The maximum atomic E-state index is 12.9. The second kappa shape index (κ2) is 9.85. The average Bonchev–Trinajstić information content (AvgIpc) is 2.67. The van der Waals surface area contributed by atoms with Crippen molar-refractivity contribution in [2.24, 2.45) is 0 Å². The Bertz CT molecular complexity index is 632. The minimum Gasteiger partial charge on any atom is -0.480 e. The number of carboxylic acid groups (broad SMARTS) is 1. The van der Waals surface area contributed by atoms with E-state index in [0.29, 0.717) is 0 Å². The van der Waals surface area contributed by atoms with E-state index in [2.05, 4.69) is 42.3 Å². The molecule has 27 heavy (non-hydrogen) atoms. The number of rotatable bonds is 8. The van der Waals surface area contributed by atoms with E-state index in [1.165, 1.54) is 11.1 Å². The van der Waals surface area contributed by atoms with Crippen molar-refractivity contribution >= 4 is 17.6 Å². The standard InChI is InChI=1S/C21H33N3O3/c1-5-16-8-7-9-17(6-2)20(16)22-21(27)15(3)24-12-10-18(11-13-24)23(4)14-19(25)26/h7-9,15,18H,5-6,10-14H2,1-4H3,(H,22,27)(H,25,26). The first-order valence-electron chi connectivity index (χ1n) is 9.95. The third-order valence-corrected chi connectivity index (χ3v) is 5.68. The summed E-state index contributed by atoms with van der Waals surface area (Å²) in [4.78, 5) is 27.8. The molecule has 1 aliphatic rings. The maximum absolute atomic E-state index is 12.9. The highest BCUT2D eigenvalue weighted by atomic mass is 16.4. The number of anilines is 1. The number of aryl methyl sites for hydroxylation is 2. The van der Waals surface area contributed by atoms with E-state index in [9.17, 15) is 9.59 Å². The predicted octanol–water partition coefficient (Wildman–Crippen LogP) is 2.62. The molecule has 0 aromatic heterocycles. The Kier molecular flexibility index (Phi) is 7.80. The topological polar surface area (TPSA) is 72.9 Å². The van der Waals surface area contributed by atoms with E-state index in [-0.39, 0.29) is 24.5 Å². The van der Waals surface area contributed by atoms with Crippen LogP contribution in [0.15, 0.2) is 18.2 Å². The van der Waals surface area contributed by atoms with Gasteiger partial charge < -0.3 is 10.4 Å². The smallest absolute Gasteiger partial charge is 0.317 e. The van der Waals surface area contributed by atoms with E-state index in [0.717, 1.165) is 44.5 Å². The zero-order chi connectivity index (χ0) is 20.0. The van der Waals surface area contributed by atoms with Crippen molar-refractivity contribution in [1.82, 2.24) is 9.80 Å². The van der Waals surface area contributed by atoms with Gasteiger partial charge >= 0.3 is 5.97 Å². The Balaban J connectivity index is 1.96. The monoisotopic (exact) mass is 375 g/mol. The minimum absolute atomic E-state index is 0.0305. The molecule has 1 heterocycles. The summed E-state index contributed by atoms with van der Waals surface area (Å²) >= 11 is 0. The van der Waals surface area contributed by atoms with Gasteiger partial charge in [-0.2, -0.15) is 0 Å². The fraction of sp³-hybridized carbons (Fsp3) is 0.619. The predicted molar refractivity (Wildman–Crippen MR) is 108 cm³/mol. The lowest BCUT2D eigenvalue weighted by Gasteiger charge is -2.38. The van der Waals surface area contributed by atoms with Crippen LogP contribution >= 0.6 is 0 Å². The van der Waals surface area contributed by atoms with Crippen molar-refractivity contribution in [2.45, 2.75) is 58.5 Å². The number of nitrogens with one attached hydrogen (secondary N) is 1. The molecule has 1 saturated heterocycles.